The van der Waals surface area contributed by atoms with Crippen LogP contribution < -0.4 is 10.6 Å². The molecule has 0 aliphatic rings. The Morgan fingerprint density at radius 1 is 1.44 bits per heavy atom. The van der Waals surface area contributed by atoms with Crippen LogP contribution in [0.4, 0.5) is 0 Å². The summed E-state index contributed by atoms with van der Waals surface area (Å²) in [5, 5.41) is 15.2. The first kappa shape index (κ1) is 12.4. The van der Waals surface area contributed by atoms with Crippen molar-refractivity contribution in [1.82, 2.24) is 15.6 Å². The lowest BCUT2D eigenvalue weighted by Gasteiger charge is -2.06. The van der Waals surface area contributed by atoms with Crippen LogP contribution in [-0.2, 0) is 0 Å². The molecule has 1 heterocycles. The van der Waals surface area contributed by atoms with E-state index in [0.29, 0.717) is 13.1 Å². The number of hydrogen-bond donors (Lipinski definition) is 3. The van der Waals surface area contributed by atoms with Gasteiger partial charge in [-0.05, 0) is 25.1 Å². The van der Waals surface area contributed by atoms with Crippen LogP contribution in [0.25, 0.3) is 0 Å². The summed E-state index contributed by atoms with van der Waals surface area (Å²) in [5.74, 6) is -0.446. The maximum absolute atomic E-state index is 11.5. The first-order valence-corrected chi connectivity index (χ1v) is 5.38. The monoisotopic (exact) mass is 223 g/mol. The van der Waals surface area contributed by atoms with Crippen LogP contribution in [0.2, 0.25) is 0 Å². The number of nitrogens with zero attached hydrogens (tertiary/aromatic N) is 1. The van der Waals surface area contributed by atoms with Crippen molar-refractivity contribution >= 4 is 5.91 Å². The van der Waals surface area contributed by atoms with Crippen LogP contribution >= 0.6 is 0 Å². The van der Waals surface area contributed by atoms with Crippen molar-refractivity contribution in [3.05, 3.63) is 24.0 Å². The standard InChI is InChI=1S/C11H17N3O2/c1-2-5-12-7-8-14-11(16)10-9(15)4-3-6-13-10/h3-4,6,12,15H,2,5,7-8H2,1H3,(H,14,16). The Bertz CT molecular complexity index is 342. The first-order chi connectivity index (χ1) is 7.75. The van der Waals surface area contributed by atoms with Gasteiger partial charge < -0.3 is 15.7 Å². The van der Waals surface area contributed by atoms with Gasteiger partial charge >= 0.3 is 0 Å². The lowest BCUT2D eigenvalue weighted by molar-refractivity contribution is 0.0946. The van der Waals surface area contributed by atoms with Crippen LogP contribution in [0, 0.1) is 0 Å². The van der Waals surface area contributed by atoms with Crippen molar-refractivity contribution in [2.75, 3.05) is 19.6 Å². The average molecular weight is 223 g/mol. The van der Waals surface area contributed by atoms with Crippen molar-refractivity contribution in [3.63, 3.8) is 0 Å². The molecule has 0 aromatic carbocycles. The third-order valence-corrected chi connectivity index (χ3v) is 2.02. The minimum Gasteiger partial charge on any atom is -0.505 e. The zero-order valence-electron chi connectivity index (χ0n) is 9.36. The zero-order valence-corrected chi connectivity index (χ0v) is 9.36. The van der Waals surface area contributed by atoms with Crippen molar-refractivity contribution in [3.8, 4) is 5.75 Å². The number of amides is 1. The number of hydrogen-bond acceptors (Lipinski definition) is 4. The van der Waals surface area contributed by atoms with Gasteiger partial charge in [0.25, 0.3) is 5.91 Å². The molecule has 0 atom stereocenters. The summed E-state index contributed by atoms with van der Waals surface area (Å²) < 4.78 is 0. The van der Waals surface area contributed by atoms with Gasteiger partial charge in [0, 0.05) is 19.3 Å². The van der Waals surface area contributed by atoms with E-state index in [4.69, 9.17) is 0 Å². The second-order valence-corrected chi connectivity index (χ2v) is 3.38. The SMILES string of the molecule is CCCNCCNC(=O)c1ncccc1O. The minimum absolute atomic E-state index is 0.0676. The van der Waals surface area contributed by atoms with E-state index < -0.39 is 0 Å². The maximum atomic E-state index is 11.5. The molecule has 0 saturated carbocycles. The molecular formula is C11H17N3O2. The highest BCUT2D eigenvalue weighted by Gasteiger charge is 2.10. The van der Waals surface area contributed by atoms with E-state index in [1.807, 2.05) is 0 Å². The molecule has 0 bridgehead atoms. The molecule has 3 N–H and O–H groups in total. The molecule has 0 unspecified atom stereocenters. The van der Waals surface area contributed by atoms with Gasteiger partial charge in [0.1, 0.15) is 5.75 Å². The van der Waals surface area contributed by atoms with Gasteiger partial charge in [-0.2, -0.15) is 0 Å². The van der Waals surface area contributed by atoms with Crippen LogP contribution in [-0.4, -0.2) is 35.6 Å². The maximum Gasteiger partial charge on any atom is 0.273 e. The molecule has 88 valence electrons. The van der Waals surface area contributed by atoms with Gasteiger partial charge in [0.15, 0.2) is 5.69 Å². The molecule has 0 aliphatic carbocycles. The third-order valence-electron chi connectivity index (χ3n) is 2.02. The minimum atomic E-state index is -0.351. The van der Waals surface area contributed by atoms with Crippen LogP contribution in [0.15, 0.2) is 18.3 Å². The Hall–Kier alpha value is -1.62. The summed E-state index contributed by atoms with van der Waals surface area (Å²) in [5.41, 5.74) is 0.0676. The fraction of sp³-hybridized carbons (Fsp3) is 0.455. The van der Waals surface area contributed by atoms with Gasteiger partial charge in [0.05, 0.1) is 0 Å². The van der Waals surface area contributed by atoms with Gasteiger partial charge in [0.2, 0.25) is 0 Å². The average Bonchev–Trinajstić information content (AvgIpc) is 2.29. The Morgan fingerprint density at radius 3 is 2.94 bits per heavy atom. The highest BCUT2D eigenvalue weighted by Crippen LogP contribution is 2.11. The van der Waals surface area contributed by atoms with E-state index in [-0.39, 0.29) is 17.4 Å². The summed E-state index contributed by atoms with van der Waals surface area (Å²) >= 11 is 0. The zero-order chi connectivity index (χ0) is 11.8. The lowest BCUT2D eigenvalue weighted by atomic mass is 10.3. The molecule has 0 aliphatic heterocycles. The topological polar surface area (TPSA) is 74.2 Å². The normalized spacial score (nSPS) is 10.1. The van der Waals surface area contributed by atoms with E-state index in [2.05, 4.69) is 22.5 Å². The Kier molecular flexibility index (Phi) is 5.28. The second kappa shape index (κ2) is 6.79. The predicted molar refractivity (Wildman–Crippen MR) is 61.4 cm³/mol. The van der Waals surface area contributed by atoms with Crippen molar-refractivity contribution < 1.29 is 9.90 Å². The first-order valence-electron chi connectivity index (χ1n) is 5.38. The molecule has 5 heteroatoms. The molecule has 1 aromatic rings. The molecule has 0 fully saturated rings. The molecule has 1 aromatic heterocycles. The smallest absolute Gasteiger partial charge is 0.273 e. The van der Waals surface area contributed by atoms with E-state index in [1.165, 1.54) is 12.3 Å². The fourth-order valence-electron chi connectivity index (χ4n) is 1.22. The summed E-state index contributed by atoms with van der Waals surface area (Å²) in [6.07, 6.45) is 2.54. The quantitative estimate of drug-likeness (QED) is 0.614. The number of rotatable bonds is 6. The Morgan fingerprint density at radius 2 is 2.25 bits per heavy atom. The lowest BCUT2D eigenvalue weighted by Crippen LogP contribution is -2.32. The van der Waals surface area contributed by atoms with Crippen molar-refractivity contribution in [1.29, 1.82) is 0 Å². The highest BCUT2D eigenvalue weighted by molar-refractivity contribution is 5.94. The molecule has 0 radical (unpaired) electrons. The Balaban J connectivity index is 2.33. The van der Waals surface area contributed by atoms with Crippen LogP contribution in [0.5, 0.6) is 5.75 Å². The highest BCUT2D eigenvalue weighted by atomic mass is 16.3. The van der Waals surface area contributed by atoms with E-state index in [9.17, 15) is 9.90 Å². The number of aromatic hydroxyl groups is 1. The number of nitrogens with one attached hydrogen (secondary N) is 2. The van der Waals surface area contributed by atoms with Gasteiger partial charge in [-0.25, -0.2) is 4.98 Å². The van der Waals surface area contributed by atoms with Crippen LogP contribution in [0.3, 0.4) is 0 Å². The third kappa shape index (κ3) is 3.86. The van der Waals surface area contributed by atoms with Crippen molar-refractivity contribution in [2.24, 2.45) is 0 Å². The molecule has 0 spiro atoms. The van der Waals surface area contributed by atoms with Gasteiger partial charge in [-0.15, -0.1) is 0 Å². The molecule has 1 rings (SSSR count). The number of aromatic nitrogens is 1. The largest absolute Gasteiger partial charge is 0.505 e. The summed E-state index contributed by atoms with van der Waals surface area (Å²) in [7, 11) is 0. The van der Waals surface area contributed by atoms with Gasteiger partial charge in [-0.3, -0.25) is 4.79 Å². The molecule has 0 saturated heterocycles. The van der Waals surface area contributed by atoms with E-state index >= 15 is 0 Å². The molecule has 16 heavy (non-hydrogen) atoms. The predicted octanol–water partition coefficient (Wildman–Crippen LogP) is 0.517. The number of carbonyl (C=O) groups is 1. The molecular weight excluding hydrogens is 206 g/mol. The second-order valence-electron chi connectivity index (χ2n) is 3.38. The molecule has 1 amide bonds. The number of pyridine rings is 1. The fourth-order valence-corrected chi connectivity index (χ4v) is 1.22. The van der Waals surface area contributed by atoms with Crippen LogP contribution in [0.1, 0.15) is 23.8 Å². The van der Waals surface area contributed by atoms with E-state index in [1.54, 1.807) is 6.07 Å². The summed E-state index contributed by atoms with van der Waals surface area (Å²) in [4.78, 5) is 15.3. The van der Waals surface area contributed by atoms with E-state index in [0.717, 1.165) is 13.0 Å². The summed E-state index contributed by atoms with van der Waals surface area (Å²) in [6, 6.07) is 3.02. The molecule has 5 nitrogen and oxygen atoms in total. The van der Waals surface area contributed by atoms with Gasteiger partial charge in [-0.1, -0.05) is 6.92 Å². The number of carbonyl (C=O) groups excluding carboxylic acids is 1. The Labute approximate surface area is 94.9 Å². The van der Waals surface area contributed by atoms with Crippen molar-refractivity contribution in [2.45, 2.75) is 13.3 Å². The summed E-state index contributed by atoms with van der Waals surface area (Å²) in [6.45, 7) is 4.25.